The molecule has 0 radical (unpaired) electrons. The van der Waals surface area contributed by atoms with Gasteiger partial charge in [-0.05, 0) is 30.5 Å². The van der Waals surface area contributed by atoms with E-state index in [2.05, 4.69) is 15.5 Å². The number of amides is 2. The summed E-state index contributed by atoms with van der Waals surface area (Å²) in [7, 11) is 0. The van der Waals surface area contributed by atoms with Gasteiger partial charge in [-0.1, -0.05) is 61.5 Å². The van der Waals surface area contributed by atoms with Gasteiger partial charge in [-0.15, -0.1) is 0 Å². The molecule has 1 aromatic heterocycles. The number of nitrogens with one attached hydrogen (secondary N) is 1. The molecule has 0 spiro atoms. The van der Waals surface area contributed by atoms with E-state index in [1.165, 1.54) is 12.1 Å². The Morgan fingerprint density at radius 2 is 1.83 bits per heavy atom. The van der Waals surface area contributed by atoms with E-state index in [1.807, 2.05) is 51.1 Å². The molecule has 0 saturated heterocycles. The second-order valence-corrected chi connectivity index (χ2v) is 7.73. The summed E-state index contributed by atoms with van der Waals surface area (Å²) in [6, 6.07) is 14.9. The van der Waals surface area contributed by atoms with Crippen molar-refractivity contribution in [3.63, 3.8) is 0 Å². The third-order valence-electron chi connectivity index (χ3n) is 5.04. The molecule has 4 rings (SSSR count). The topological polar surface area (TPSA) is 71.3 Å². The SMILES string of the molecule is CC1=C(c2nc(-c3ccccc3)no2)C(c2ccc(F)cc2)NC(=O)N1CC(C)C. The Kier molecular flexibility index (Phi) is 5.35. The van der Waals surface area contributed by atoms with E-state index in [0.717, 1.165) is 16.8 Å². The van der Waals surface area contributed by atoms with Gasteiger partial charge in [0.1, 0.15) is 5.82 Å². The lowest BCUT2D eigenvalue weighted by molar-refractivity contribution is 0.199. The highest BCUT2D eigenvalue weighted by molar-refractivity contribution is 5.86. The van der Waals surface area contributed by atoms with Crippen LogP contribution in [0.15, 0.2) is 64.8 Å². The van der Waals surface area contributed by atoms with Crippen LogP contribution in [0.2, 0.25) is 0 Å². The Bertz CT molecular complexity index is 1070. The highest BCUT2D eigenvalue weighted by Crippen LogP contribution is 2.37. The van der Waals surface area contributed by atoms with E-state index in [0.29, 0.717) is 23.8 Å². The van der Waals surface area contributed by atoms with Crippen molar-refractivity contribution in [2.24, 2.45) is 5.92 Å². The fraction of sp³-hybridized carbons (Fsp3) is 0.261. The molecule has 0 saturated carbocycles. The molecule has 2 aromatic carbocycles. The lowest BCUT2D eigenvalue weighted by atomic mass is 9.94. The zero-order chi connectivity index (χ0) is 21.3. The van der Waals surface area contributed by atoms with Crippen molar-refractivity contribution < 1.29 is 13.7 Å². The van der Waals surface area contributed by atoms with Gasteiger partial charge in [-0.25, -0.2) is 9.18 Å². The first-order chi connectivity index (χ1) is 14.4. The number of allylic oxidation sites excluding steroid dienone is 1. The number of benzene rings is 2. The Hall–Kier alpha value is -3.48. The number of aromatic nitrogens is 2. The number of halogens is 1. The molecule has 30 heavy (non-hydrogen) atoms. The van der Waals surface area contributed by atoms with Crippen LogP contribution in [0, 0.1) is 11.7 Å². The van der Waals surface area contributed by atoms with E-state index in [4.69, 9.17) is 4.52 Å². The molecule has 1 N–H and O–H groups in total. The summed E-state index contributed by atoms with van der Waals surface area (Å²) in [4.78, 5) is 19.1. The number of carbonyl (C=O) groups excluding carboxylic acids is 1. The minimum Gasteiger partial charge on any atom is -0.334 e. The third kappa shape index (κ3) is 3.83. The first-order valence-corrected chi connectivity index (χ1v) is 9.88. The van der Waals surface area contributed by atoms with Crippen molar-refractivity contribution in [2.75, 3.05) is 6.54 Å². The molecule has 154 valence electrons. The second kappa shape index (κ2) is 8.10. The molecular weight excluding hydrogens is 383 g/mol. The van der Waals surface area contributed by atoms with Crippen LogP contribution >= 0.6 is 0 Å². The number of hydrogen-bond donors (Lipinski definition) is 1. The van der Waals surface area contributed by atoms with Crippen LogP contribution in [0.5, 0.6) is 0 Å². The number of urea groups is 1. The van der Waals surface area contributed by atoms with Crippen molar-refractivity contribution in [3.8, 4) is 11.4 Å². The van der Waals surface area contributed by atoms with Gasteiger partial charge in [0.15, 0.2) is 0 Å². The van der Waals surface area contributed by atoms with E-state index < -0.39 is 6.04 Å². The van der Waals surface area contributed by atoms with Crippen molar-refractivity contribution in [3.05, 3.63) is 77.6 Å². The van der Waals surface area contributed by atoms with Crippen LogP contribution in [-0.4, -0.2) is 27.6 Å². The van der Waals surface area contributed by atoms with Crippen LogP contribution in [-0.2, 0) is 0 Å². The molecule has 1 aliphatic heterocycles. The van der Waals surface area contributed by atoms with Crippen LogP contribution in [0.3, 0.4) is 0 Å². The molecule has 6 nitrogen and oxygen atoms in total. The van der Waals surface area contributed by atoms with Gasteiger partial charge < -0.3 is 9.84 Å². The van der Waals surface area contributed by atoms with E-state index in [-0.39, 0.29) is 17.8 Å². The van der Waals surface area contributed by atoms with Crippen molar-refractivity contribution >= 4 is 11.6 Å². The number of carbonyl (C=O) groups is 1. The smallest absolute Gasteiger partial charge is 0.322 e. The van der Waals surface area contributed by atoms with E-state index >= 15 is 0 Å². The summed E-state index contributed by atoms with van der Waals surface area (Å²) in [6.45, 7) is 6.52. The zero-order valence-electron chi connectivity index (χ0n) is 17.1. The second-order valence-electron chi connectivity index (χ2n) is 7.73. The van der Waals surface area contributed by atoms with Crippen LogP contribution < -0.4 is 5.32 Å². The Balaban J connectivity index is 1.81. The van der Waals surface area contributed by atoms with Crippen molar-refractivity contribution in [1.29, 1.82) is 0 Å². The lowest BCUT2D eigenvalue weighted by Gasteiger charge is -2.36. The van der Waals surface area contributed by atoms with Crippen LogP contribution in [0.4, 0.5) is 9.18 Å². The molecule has 2 amide bonds. The average molecular weight is 406 g/mol. The molecule has 1 aliphatic rings. The van der Waals surface area contributed by atoms with Gasteiger partial charge in [0.05, 0.1) is 11.6 Å². The summed E-state index contributed by atoms with van der Waals surface area (Å²) >= 11 is 0. The Morgan fingerprint density at radius 3 is 2.50 bits per heavy atom. The van der Waals surface area contributed by atoms with Gasteiger partial charge in [0.25, 0.3) is 5.89 Å². The van der Waals surface area contributed by atoms with Gasteiger partial charge >= 0.3 is 6.03 Å². The average Bonchev–Trinajstić information content (AvgIpc) is 3.21. The summed E-state index contributed by atoms with van der Waals surface area (Å²) in [5.41, 5.74) is 3.02. The molecule has 0 bridgehead atoms. The Morgan fingerprint density at radius 1 is 1.13 bits per heavy atom. The standard InChI is InChI=1S/C23H23FN4O2/c1-14(2)13-28-15(3)19(20(25-23(28)29)16-9-11-18(24)12-10-16)22-26-21(27-30-22)17-7-5-4-6-8-17/h4-12,14,20H,13H2,1-3H3,(H,25,29). The van der Waals surface area contributed by atoms with Crippen LogP contribution in [0.1, 0.15) is 38.3 Å². The van der Waals surface area contributed by atoms with E-state index in [9.17, 15) is 9.18 Å². The molecule has 2 heterocycles. The summed E-state index contributed by atoms with van der Waals surface area (Å²) in [5, 5.41) is 7.15. The number of rotatable bonds is 5. The van der Waals surface area contributed by atoms with E-state index in [1.54, 1.807) is 17.0 Å². The summed E-state index contributed by atoms with van der Waals surface area (Å²) in [5.74, 6) is 0.733. The summed E-state index contributed by atoms with van der Waals surface area (Å²) < 4.78 is 19.1. The summed E-state index contributed by atoms with van der Waals surface area (Å²) in [6.07, 6.45) is 0. The van der Waals surface area contributed by atoms with Gasteiger partial charge in [-0.2, -0.15) is 4.98 Å². The van der Waals surface area contributed by atoms with Gasteiger partial charge in [-0.3, -0.25) is 4.90 Å². The molecule has 3 aromatic rings. The molecule has 1 atom stereocenters. The monoisotopic (exact) mass is 406 g/mol. The Labute approximate surface area is 174 Å². The van der Waals surface area contributed by atoms with Gasteiger partial charge in [0, 0.05) is 17.8 Å². The molecular formula is C23H23FN4O2. The quantitative estimate of drug-likeness (QED) is 0.645. The minimum absolute atomic E-state index is 0.206. The van der Waals surface area contributed by atoms with Crippen molar-refractivity contribution in [2.45, 2.75) is 26.8 Å². The highest BCUT2D eigenvalue weighted by Gasteiger charge is 2.35. The highest BCUT2D eigenvalue weighted by atomic mass is 19.1. The largest absolute Gasteiger partial charge is 0.334 e. The molecule has 7 heteroatoms. The van der Waals surface area contributed by atoms with Crippen molar-refractivity contribution in [1.82, 2.24) is 20.4 Å². The third-order valence-corrected chi connectivity index (χ3v) is 5.04. The van der Waals surface area contributed by atoms with Gasteiger partial charge in [0.2, 0.25) is 5.82 Å². The maximum atomic E-state index is 13.5. The maximum Gasteiger partial charge on any atom is 0.322 e. The minimum atomic E-state index is -0.523. The molecule has 0 aliphatic carbocycles. The predicted octanol–water partition coefficient (Wildman–Crippen LogP) is 5.03. The molecule has 1 unspecified atom stereocenters. The van der Waals surface area contributed by atoms with Crippen LogP contribution in [0.25, 0.3) is 17.0 Å². The number of nitrogens with zero attached hydrogens (tertiary/aromatic N) is 3. The maximum absolute atomic E-state index is 13.5. The fourth-order valence-electron chi connectivity index (χ4n) is 3.59. The normalized spacial score (nSPS) is 16.9. The fourth-order valence-corrected chi connectivity index (χ4v) is 3.59. The lowest BCUT2D eigenvalue weighted by Crippen LogP contribution is -2.47. The first-order valence-electron chi connectivity index (χ1n) is 9.88. The predicted molar refractivity (Wildman–Crippen MR) is 112 cm³/mol. The number of hydrogen-bond acceptors (Lipinski definition) is 4. The first kappa shape index (κ1) is 19.8. The molecule has 0 fully saturated rings. The zero-order valence-corrected chi connectivity index (χ0v) is 17.1.